The molecule has 0 radical (unpaired) electrons. The molecule has 0 fully saturated rings. The second kappa shape index (κ2) is 8.66. The molecule has 5 nitrogen and oxygen atoms in total. The molecule has 0 aliphatic rings. The van der Waals surface area contributed by atoms with Gasteiger partial charge in [-0.2, -0.15) is 0 Å². The second-order valence-electron chi connectivity index (χ2n) is 6.85. The van der Waals surface area contributed by atoms with Gasteiger partial charge in [-0.1, -0.05) is 36.4 Å². The maximum atomic E-state index is 13.0. The molecule has 0 unspecified atom stereocenters. The van der Waals surface area contributed by atoms with Crippen LogP contribution in [0.3, 0.4) is 0 Å². The van der Waals surface area contributed by atoms with E-state index in [1.165, 1.54) is 13.4 Å². The standard InChI is InChI=1S/C25H21NO4/c1-29-24(27)15-12-18-17-30-23-14-13-21(16-22(23)25(18)28)26(19-8-4-2-5-9-19)20-10-6-3-7-11-20/h2-11,13-14,16-17H,12,15H2,1H3. The second-order valence-corrected chi connectivity index (χ2v) is 6.85. The van der Waals surface area contributed by atoms with Crippen LogP contribution in [0.4, 0.5) is 17.1 Å². The molecule has 4 aromatic rings. The van der Waals surface area contributed by atoms with E-state index in [9.17, 15) is 9.59 Å². The maximum Gasteiger partial charge on any atom is 0.305 e. The Hall–Kier alpha value is -3.86. The number of esters is 1. The molecule has 0 atom stereocenters. The van der Waals surface area contributed by atoms with E-state index in [1.807, 2.05) is 72.8 Å². The minimum Gasteiger partial charge on any atom is -0.469 e. The lowest BCUT2D eigenvalue weighted by Crippen LogP contribution is -2.13. The number of nitrogens with zero attached hydrogens (tertiary/aromatic N) is 1. The summed E-state index contributed by atoms with van der Waals surface area (Å²) in [6, 6.07) is 25.5. The van der Waals surface area contributed by atoms with Crippen LogP contribution >= 0.6 is 0 Å². The average Bonchev–Trinajstić information content (AvgIpc) is 2.80. The summed E-state index contributed by atoms with van der Waals surface area (Å²) in [6.07, 6.45) is 1.84. The Morgan fingerprint density at radius 2 is 1.53 bits per heavy atom. The predicted octanol–water partition coefficient (Wildman–Crippen LogP) is 5.37. The Morgan fingerprint density at radius 1 is 0.900 bits per heavy atom. The van der Waals surface area contributed by atoms with E-state index in [-0.39, 0.29) is 24.2 Å². The Balaban J connectivity index is 1.81. The number of fused-ring (bicyclic) bond motifs is 1. The van der Waals surface area contributed by atoms with Crippen LogP contribution in [0.25, 0.3) is 11.0 Å². The average molecular weight is 399 g/mol. The first-order valence-corrected chi connectivity index (χ1v) is 9.69. The maximum absolute atomic E-state index is 13.0. The van der Waals surface area contributed by atoms with Crippen molar-refractivity contribution in [2.24, 2.45) is 0 Å². The lowest BCUT2D eigenvalue weighted by Gasteiger charge is -2.25. The Bertz CT molecular complexity index is 1180. The first kappa shape index (κ1) is 19.5. The molecule has 1 heterocycles. The summed E-state index contributed by atoms with van der Waals surface area (Å²) in [5.41, 5.74) is 3.63. The van der Waals surface area contributed by atoms with Crippen molar-refractivity contribution in [3.8, 4) is 0 Å². The highest BCUT2D eigenvalue weighted by Gasteiger charge is 2.15. The minimum atomic E-state index is -0.359. The number of methoxy groups -OCH3 is 1. The molecule has 0 aliphatic heterocycles. The number of aryl methyl sites for hydroxylation is 1. The molecule has 5 heteroatoms. The highest BCUT2D eigenvalue weighted by Crippen LogP contribution is 2.35. The molecule has 30 heavy (non-hydrogen) atoms. The SMILES string of the molecule is COC(=O)CCc1coc2ccc(N(c3ccccc3)c3ccccc3)cc2c1=O. The smallest absolute Gasteiger partial charge is 0.305 e. The number of hydrogen-bond donors (Lipinski definition) is 0. The highest BCUT2D eigenvalue weighted by atomic mass is 16.5. The van der Waals surface area contributed by atoms with Crippen molar-refractivity contribution in [3.05, 3.63) is 101 Å². The van der Waals surface area contributed by atoms with Crippen LogP contribution in [0.15, 0.2) is 94.3 Å². The Kier molecular flexibility index (Phi) is 5.61. The predicted molar refractivity (Wildman–Crippen MR) is 118 cm³/mol. The third-order valence-corrected chi connectivity index (χ3v) is 4.94. The molecular weight excluding hydrogens is 378 g/mol. The van der Waals surface area contributed by atoms with Gasteiger partial charge in [-0.15, -0.1) is 0 Å². The van der Waals surface area contributed by atoms with Crippen molar-refractivity contribution < 1.29 is 13.9 Å². The van der Waals surface area contributed by atoms with E-state index in [1.54, 1.807) is 6.07 Å². The summed E-state index contributed by atoms with van der Waals surface area (Å²) >= 11 is 0. The van der Waals surface area contributed by atoms with Gasteiger partial charge in [-0.05, 0) is 48.9 Å². The van der Waals surface area contributed by atoms with E-state index in [2.05, 4.69) is 9.64 Å². The lowest BCUT2D eigenvalue weighted by molar-refractivity contribution is -0.140. The molecule has 4 rings (SSSR count). The largest absolute Gasteiger partial charge is 0.469 e. The van der Waals surface area contributed by atoms with Gasteiger partial charge < -0.3 is 14.1 Å². The summed E-state index contributed by atoms with van der Waals surface area (Å²) in [6.45, 7) is 0. The fourth-order valence-electron chi connectivity index (χ4n) is 3.41. The molecular formula is C25H21NO4. The van der Waals surface area contributed by atoms with Crippen molar-refractivity contribution in [2.75, 3.05) is 12.0 Å². The number of benzene rings is 3. The van der Waals surface area contributed by atoms with Gasteiger partial charge in [0.05, 0.1) is 18.8 Å². The Labute approximate surface area is 174 Å². The zero-order valence-corrected chi connectivity index (χ0v) is 16.6. The fraction of sp³-hybridized carbons (Fsp3) is 0.120. The van der Waals surface area contributed by atoms with Crippen molar-refractivity contribution in [2.45, 2.75) is 12.8 Å². The summed E-state index contributed by atoms with van der Waals surface area (Å²) in [4.78, 5) is 26.6. The first-order chi connectivity index (χ1) is 14.7. The minimum absolute atomic E-state index is 0.132. The number of anilines is 3. The van der Waals surface area contributed by atoms with Gasteiger partial charge in [-0.3, -0.25) is 9.59 Å². The van der Waals surface area contributed by atoms with E-state index in [4.69, 9.17) is 4.42 Å². The van der Waals surface area contributed by atoms with Crippen LogP contribution in [0.1, 0.15) is 12.0 Å². The number of rotatable bonds is 6. The topological polar surface area (TPSA) is 59.8 Å². The summed E-state index contributed by atoms with van der Waals surface area (Å²) < 4.78 is 10.3. The van der Waals surface area contributed by atoms with Gasteiger partial charge in [0.15, 0.2) is 5.43 Å². The molecule has 1 aromatic heterocycles. The third kappa shape index (κ3) is 3.96. The van der Waals surface area contributed by atoms with Gasteiger partial charge in [0.1, 0.15) is 5.58 Å². The lowest BCUT2D eigenvalue weighted by atomic mass is 10.1. The molecule has 150 valence electrons. The highest BCUT2D eigenvalue weighted by molar-refractivity contribution is 5.86. The van der Waals surface area contributed by atoms with Crippen molar-refractivity contribution >= 4 is 34.0 Å². The molecule has 0 amide bonds. The van der Waals surface area contributed by atoms with Gasteiger partial charge >= 0.3 is 5.97 Å². The normalized spacial score (nSPS) is 10.7. The van der Waals surface area contributed by atoms with E-state index in [0.717, 1.165) is 17.1 Å². The number of para-hydroxylation sites is 2. The van der Waals surface area contributed by atoms with Crippen molar-refractivity contribution in [1.29, 1.82) is 0 Å². The number of carbonyl (C=O) groups excluding carboxylic acids is 1. The number of hydrogen-bond acceptors (Lipinski definition) is 5. The van der Waals surface area contributed by atoms with Crippen LogP contribution in [0.5, 0.6) is 0 Å². The fourth-order valence-corrected chi connectivity index (χ4v) is 3.41. The van der Waals surface area contributed by atoms with Crippen LogP contribution in [0.2, 0.25) is 0 Å². The molecule has 0 saturated heterocycles. The van der Waals surface area contributed by atoms with Gasteiger partial charge in [0, 0.05) is 29.0 Å². The molecule has 0 bridgehead atoms. The van der Waals surface area contributed by atoms with Gasteiger partial charge in [0.25, 0.3) is 0 Å². The quantitative estimate of drug-likeness (QED) is 0.408. The van der Waals surface area contributed by atoms with Gasteiger partial charge in [0.2, 0.25) is 0 Å². The van der Waals surface area contributed by atoms with Crippen LogP contribution < -0.4 is 10.3 Å². The van der Waals surface area contributed by atoms with Crippen molar-refractivity contribution in [1.82, 2.24) is 0 Å². The molecule has 0 aliphatic carbocycles. The van der Waals surface area contributed by atoms with E-state index in [0.29, 0.717) is 16.5 Å². The number of carbonyl (C=O) groups is 1. The van der Waals surface area contributed by atoms with Crippen LogP contribution in [0, 0.1) is 0 Å². The zero-order chi connectivity index (χ0) is 20.9. The van der Waals surface area contributed by atoms with Crippen LogP contribution in [-0.2, 0) is 16.0 Å². The molecule has 0 spiro atoms. The third-order valence-electron chi connectivity index (χ3n) is 4.94. The molecule has 3 aromatic carbocycles. The van der Waals surface area contributed by atoms with E-state index >= 15 is 0 Å². The van der Waals surface area contributed by atoms with Gasteiger partial charge in [-0.25, -0.2) is 0 Å². The Morgan fingerprint density at radius 3 is 2.13 bits per heavy atom. The van der Waals surface area contributed by atoms with Crippen LogP contribution in [-0.4, -0.2) is 13.1 Å². The van der Waals surface area contributed by atoms with E-state index < -0.39 is 0 Å². The summed E-state index contributed by atoms with van der Waals surface area (Å²) in [5, 5.41) is 0.478. The first-order valence-electron chi connectivity index (χ1n) is 9.69. The molecule has 0 saturated carbocycles. The molecule has 0 N–H and O–H groups in total. The zero-order valence-electron chi connectivity index (χ0n) is 16.6. The van der Waals surface area contributed by atoms with Crippen molar-refractivity contribution in [3.63, 3.8) is 0 Å². The summed E-state index contributed by atoms with van der Waals surface area (Å²) in [7, 11) is 1.33. The summed E-state index contributed by atoms with van der Waals surface area (Å²) in [5.74, 6) is -0.359. The number of ether oxygens (including phenoxy) is 1. The monoisotopic (exact) mass is 399 g/mol.